The topological polar surface area (TPSA) is 123 Å². The van der Waals surface area contributed by atoms with E-state index in [1.54, 1.807) is 91.0 Å². The molecule has 3 N–H and O–H groups in total. The van der Waals surface area contributed by atoms with Crippen molar-refractivity contribution in [3.05, 3.63) is 119 Å². The molecule has 1 unspecified atom stereocenters. The first-order chi connectivity index (χ1) is 22.2. The lowest BCUT2D eigenvalue weighted by molar-refractivity contribution is -0.116. The summed E-state index contributed by atoms with van der Waals surface area (Å²) >= 11 is 1.36. The van der Waals surface area contributed by atoms with E-state index in [4.69, 9.17) is 9.47 Å². The Labute approximate surface area is 272 Å². The van der Waals surface area contributed by atoms with Crippen LogP contribution in [0.1, 0.15) is 46.5 Å². The summed E-state index contributed by atoms with van der Waals surface area (Å²) < 4.78 is 10.9. The second-order valence-electron chi connectivity index (χ2n) is 10.1. The molecule has 0 saturated carbocycles. The number of nitrogens with one attached hydrogen (secondary N) is 3. The number of amides is 3. The highest BCUT2D eigenvalue weighted by atomic mass is 32.2. The van der Waals surface area contributed by atoms with E-state index in [0.717, 1.165) is 4.90 Å². The molecule has 1 atom stereocenters. The first kappa shape index (κ1) is 33.5. The average molecular weight is 638 g/mol. The summed E-state index contributed by atoms with van der Waals surface area (Å²) in [6, 6.07) is 27.7. The van der Waals surface area contributed by atoms with E-state index < -0.39 is 17.1 Å². The fraction of sp³-hybridized carbons (Fsp3) is 0.167. The van der Waals surface area contributed by atoms with Gasteiger partial charge in [-0.15, -0.1) is 11.8 Å². The van der Waals surface area contributed by atoms with E-state index in [1.165, 1.54) is 39.0 Å². The Balaban J connectivity index is 1.54. The zero-order valence-corrected chi connectivity index (χ0v) is 26.8. The van der Waals surface area contributed by atoms with Crippen LogP contribution < -0.4 is 25.4 Å². The van der Waals surface area contributed by atoms with Gasteiger partial charge < -0.3 is 25.4 Å². The van der Waals surface area contributed by atoms with Gasteiger partial charge >= 0.3 is 0 Å². The molecule has 0 fully saturated rings. The van der Waals surface area contributed by atoms with Gasteiger partial charge in [-0.1, -0.05) is 43.3 Å². The summed E-state index contributed by atoms with van der Waals surface area (Å²) in [5, 5.41) is 8.08. The van der Waals surface area contributed by atoms with Crippen LogP contribution in [0.3, 0.4) is 0 Å². The molecule has 46 heavy (non-hydrogen) atoms. The number of hydrogen-bond donors (Lipinski definition) is 3. The number of Topliss-reactive ketones (excluding diaryl/α,β-unsaturated/α-hetero) is 1. The number of ether oxygens (including phenoxy) is 2. The van der Waals surface area contributed by atoms with Crippen LogP contribution >= 0.6 is 11.8 Å². The van der Waals surface area contributed by atoms with Gasteiger partial charge in [-0.25, -0.2) is 0 Å². The number of methoxy groups -OCH3 is 2. The molecule has 236 valence electrons. The number of rotatable bonds is 13. The maximum absolute atomic E-state index is 13.6. The normalized spacial score (nSPS) is 11.6. The van der Waals surface area contributed by atoms with Crippen molar-refractivity contribution >= 4 is 52.7 Å². The van der Waals surface area contributed by atoms with Crippen molar-refractivity contribution in [2.75, 3.05) is 24.9 Å². The molecule has 0 aliphatic carbocycles. The molecule has 0 aliphatic rings. The van der Waals surface area contributed by atoms with E-state index >= 15 is 0 Å². The van der Waals surface area contributed by atoms with E-state index in [2.05, 4.69) is 16.0 Å². The highest BCUT2D eigenvalue weighted by molar-refractivity contribution is 8.00. The summed E-state index contributed by atoms with van der Waals surface area (Å²) in [6.07, 6.45) is 2.08. The molecule has 0 aliphatic heterocycles. The van der Waals surface area contributed by atoms with Crippen molar-refractivity contribution in [2.24, 2.45) is 0 Å². The predicted octanol–water partition coefficient (Wildman–Crippen LogP) is 6.83. The molecule has 0 radical (unpaired) electrons. The van der Waals surface area contributed by atoms with Gasteiger partial charge in [0.15, 0.2) is 17.3 Å². The minimum atomic E-state index is -0.560. The number of thioether (sulfide) groups is 1. The Kier molecular flexibility index (Phi) is 11.7. The Morgan fingerprint density at radius 2 is 1.50 bits per heavy atom. The molecule has 0 heterocycles. The summed E-state index contributed by atoms with van der Waals surface area (Å²) in [4.78, 5) is 52.1. The second-order valence-corrected chi connectivity index (χ2v) is 11.4. The van der Waals surface area contributed by atoms with E-state index in [1.807, 2.05) is 13.0 Å². The molecule has 10 heteroatoms. The maximum Gasteiger partial charge on any atom is 0.272 e. The Bertz CT molecular complexity index is 1740. The predicted molar refractivity (Wildman–Crippen MR) is 182 cm³/mol. The summed E-state index contributed by atoms with van der Waals surface area (Å²) in [7, 11) is 3.01. The van der Waals surface area contributed by atoms with Crippen molar-refractivity contribution in [3.63, 3.8) is 0 Å². The second kappa shape index (κ2) is 16.1. The highest BCUT2D eigenvalue weighted by Gasteiger charge is 2.20. The van der Waals surface area contributed by atoms with Crippen LogP contribution in [0, 0.1) is 0 Å². The molecule has 0 bridgehead atoms. The molecule has 4 aromatic carbocycles. The van der Waals surface area contributed by atoms with Crippen LogP contribution in [0.25, 0.3) is 6.08 Å². The average Bonchev–Trinajstić information content (AvgIpc) is 3.07. The van der Waals surface area contributed by atoms with Gasteiger partial charge in [0.05, 0.1) is 19.5 Å². The SMILES string of the molecule is CCC(Sc1cccc(NC(=O)/C(=C\c2cccc(OC)c2OC)NC(=O)c2ccccc2)c1)C(=O)Nc1ccc(C(C)=O)cc1. The number of carbonyl (C=O) groups is 4. The van der Waals surface area contributed by atoms with Gasteiger partial charge in [-0.3, -0.25) is 19.2 Å². The number of carbonyl (C=O) groups excluding carboxylic acids is 4. The lowest BCUT2D eigenvalue weighted by Crippen LogP contribution is -2.30. The maximum atomic E-state index is 13.6. The molecule has 3 amide bonds. The third kappa shape index (κ3) is 8.86. The zero-order valence-electron chi connectivity index (χ0n) is 26.0. The molecule has 0 spiro atoms. The molecule has 4 rings (SSSR count). The van der Waals surface area contributed by atoms with Crippen molar-refractivity contribution in [2.45, 2.75) is 30.4 Å². The van der Waals surface area contributed by atoms with Crippen LogP contribution in [0.15, 0.2) is 108 Å². The van der Waals surface area contributed by atoms with Crippen LogP contribution in [-0.4, -0.2) is 43.0 Å². The largest absolute Gasteiger partial charge is 0.493 e. The molecular formula is C36H35N3O6S. The molecule has 0 saturated heterocycles. The van der Waals surface area contributed by atoms with Crippen LogP contribution in [0.4, 0.5) is 11.4 Å². The summed E-state index contributed by atoms with van der Waals surface area (Å²) in [6.45, 7) is 3.41. The Morgan fingerprint density at radius 1 is 0.783 bits per heavy atom. The van der Waals surface area contributed by atoms with Crippen molar-refractivity contribution < 1.29 is 28.7 Å². The minimum absolute atomic E-state index is 0.0138. The lowest BCUT2D eigenvalue weighted by Gasteiger charge is -2.16. The van der Waals surface area contributed by atoms with Crippen molar-refractivity contribution in [1.29, 1.82) is 0 Å². The number of ketones is 1. The first-order valence-electron chi connectivity index (χ1n) is 14.5. The van der Waals surface area contributed by atoms with E-state index in [-0.39, 0.29) is 17.4 Å². The van der Waals surface area contributed by atoms with Gasteiger partial charge in [-0.2, -0.15) is 0 Å². The molecule has 9 nitrogen and oxygen atoms in total. The number of para-hydroxylation sites is 1. The number of hydrogen-bond acceptors (Lipinski definition) is 7. The molecule has 0 aromatic heterocycles. The monoisotopic (exact) mass is 637 g/mol. The highest BCUT2D eigenvalue weighted by Crippen LogP contribution is 2.32. The van der Waals surface area contributed by atoms with Crippen molar-refractivity contribution in [3.8, 4) is 11.5 Å². The minimum Gasteiger partial charge on any atom is -0.493 e. The Morgan fingerprint density at radius 3 is 2.15 bits per heavy atom. The quantitative estimate of drug-likeness (QED) is 0.0835. The zero-order chi connectivity index (χ0) is 33.1. The smallest absolute Gasteiger partial charge is 0.272 e. The van der Waals surface area contributed by atoms with Gasteiger partial charge in [-0.05, 0) is 80.1 Å². The van der Waals surface area contributed by atoms with Crippen LogP contribution in [0.2, 0.25) is 0 Å². The van der Waals surface area contributed by atoms with Gasteiger partial charge in [0.25, 0.3) is 11.8 Å². The number of anilines is 2. The van der Waals surface area contributed by atoms with Crippen LogP contribution in [-0.2, 0) is 9.59 Å². The summed E-state index contributed by atoms with van der Waals surface area (Å²) in [5.74, 6) is -0.373. The van der Waals surface area contributed by atoms with Gasteiger partial charge in [0.2, 0.25) is 5.91 Å². The third-order valence-corrected chi connectivity index (χ3v) is 8.21. The standard InChI is InChI=1S/C36H35N3O6S/c1-5-32(36(43)37-27-19-17-24(18-20-27)23(2)40)46-29-15-10-14-28(22-29)38-35(42)30(39-34(41)25-11-7-6-8-12-25)21-26-13-9-16-31(44-3)33(26)45-4/h6-22,32H,5H2,1-4H3,(H,37,43)(H,38,42)(H,39,41)/b30-21+. The molecule has 4 aromatic rings. The fourth-order valence-corrected chi connectivity index (χ4v) is 5.48. The van der Waals surface area contributed by atoms with Crippen molar-refractivity contribution in [1.82, 2.24) is 5.32 Å². The molecular weight excluding hydrogens is 602 g/mol. The van der Waals surface area contributed by atoms with Gasteiger partial charge in [0.1, 0.15) is 5.70 Å². The Hall–Kier alpha value is -5.35. The number of benzene rings is 4. The van der Waals surface area contributed by atoms with E-state index in [9.17, 15) is 19.2 Å². The van der Waals surface area contributed by atoms with E-state index in [0.29, 0.717) is 46.0 Å². The third-order valence-electron chi connectivity index (χ3n) is 6.85. The fourth-order valence-electron chi connectivity index (χ4n) is 4.47. The van der Waals surface area contributed by atoms with Gasteiger partial charge in [0, 0.05) is 33.0 Å². The first-order valence-corrected chi connectivity index (χ1v) is 15.4. The van der Waals surface area contributed by atoms with Crippen LogP contribution in [0.5, 0.6) is 11.5 Å². The lowest BCUT2D eigenvalue weighted by atomic mass is 10.1. The summed E-state index contributed by atoms with van der Waals surface area (Å²) in [5.41, 5.74) is 2.54.